The highest BCUT2D eigenvalue weighted by Gasteiger charge is 2.44. The van der Waals surface area contributed by atoms with E-state index in [4.69, 9.17) is 11.6 Å². The van der Waals surface area contributed by atoms with Gasteiger partial charge in [-0.1, -0.05) is 29.4 Å². The number of hydrogen-bond donors (Lipinski definition) is 0. The van der Waals surface area contributed by atoms with Gasteiger partial charge in [0.2, 0.25) is 5.91 Å². The van der Waals surface area contributed by atoms with Crippen LogP contribution in [0.15, 0.2) is 51.3 Å². The Morgan fingerprint density at radius 1 is 1.31 bits per heavy atom. The van der Waals surface area contributed by atoms with Crippen molar-refractivity contribution in [3.05, 3.63) is 58.4 Å². The number of fused-ring (bicyclic) bond motifs is 3. The second kappa shape index (κ2) is 6.91. The Kier molecular flexibility index (Phi) is 4.75. The predicted molar refractivity (Wildman–Crippen MR) is 106 cm³/mol. The van der Waals surface area contributed by atoms with Crippen molar-refractivity contribution in [3.8, 4) is 0 Å². The lowest BCUT2D eigenvalue weighted by Crippen LogP contribution is -2.36. The maximum atomic E-state index is 14.8. The molecule has 2 aromatic rings. The largest absolute Gasteiger partial charge is 0.273 e. The molecule has 0 N–H and O–H groups in total. The molecular formula is C19H16ClFN2OS2. The summed E-state index contributed by atoms with van der Waals surface area (Å²) in [7, 11) is 0. The Morgan fingerprint density at radius 2 is 2.04 bits per heavy atom. The van der Waals surface area contributed by atoms with E-state index in [9.17, 15) is 9.18 Å². The fourth-order valence-electron chi connectivity index (χ4n) is 3.18. The summed E-state index contributed by atoms with van der Waals surface area (Å²) in [6.45, 7) is 3.25. The molecule has 7 heteroatoms. The van der Waals surface area contributed by atoms with Crippen molar-refractivity contribution < 1.29 is 9.18 Å². The summed E-state index contributed by atoms with van der Waals surface area (Å²) in [4.78, 5) is 14.1. The third-order valence-electron chi connectivity index (χ3n) is 4.52. The van der Waals surface area contributed by atoms with E-state index in [1.54, 1.807) is 36.5 Å². The van der Waals surface area contributed by atoms with Crippen LogP contribution in [0.4, 0.5) is 4.39 Å². The van der Waals surface area contributed by atoms with E-state index in [0.717, 1.165) is 15.5 Å². The summed E-state index contributed by atoms with van der Waals surface area (Å²) < 4.78 is 14.8. The number of rotatable bonds is 2. The van der Waals surface area contributed by atoms with Crippen LogP contribution >= 0.6 is 35.1 Å². The average molecular weight is 407 g/mol. The summed E-state index contributed by atoms with van der Waals surface area (Å²) in [5.74, 6) is 0.369. The predicted octanol–water partition coefficient (Wildman–Crippen LogP) is 5.19. The number of hydrogen-bond acceptors (Lipinski definition) is 4. The van der Waals surface area contributed by atoms with Crippen molar-refractivity contribution in [1.82, 2.24) is 5.01 Å². The van der Waals surface area contributed by atoms with E-state index >= 15 is 0 Å². The topological polar surface area (TPSA) is 32.7 Å². The van der Waals surface area contributed by atoms with Crippen molar-refractivity contribution >= 4 is 46.7 Å². The lowest BCUT2D eigenvalue weighted by molar-refractivity contribution is -0.129. The third kappa shape index (κ3) is 3.04. The number of halogens is 2. The van der Waals surface area contributed by atoms with Crippen LogP contribution < -0.4 is 0 Å². The zero-order valence-electron chi connectivity index (χ0n) is 14.2. The maximum absolute atomic E-state index is 14.8. The fourth-order valence-corrected chi connectivity index (χ4v) is 5.89. The molecular weight excluding hydrogens is 391 g/mol. The molecule has 0 bridgehead atoms. The van der Waals surface area contributed by atoms with Crippen LogP contribution in [0.2, 0.25) is 5.02 Å². The smallest absolute Gasteiger partial charge is 0.240 e. The van der Waals surface area contributed by atoms with Crippen LogP contribution in [-0.4, -0.2) is 27.8 Å². The molecule has 2 aliphatic rings. The van der Waals surface area contributed by atoms with Gasteiger partial charge in [0.1, 0.15) is 11.2 Å². The van der Waals surface area contributed by atoms with E-state index in [1.165, 1.54) is 11.9 Å². The van der Waals surface area contributed by atoms with Crippen LogP contribution in [0.5, 0.6) is 0 Å². The first-order chi connectivity index (χ1) is 12.5. The number of amides is 1. The lowest BCUT2D eigenvalue weighted by atomic mass is 9.96. The molecule has 1 amide bonds. The molecule has 0 fully saturated rings. The molecule has 2 aliphatic heterocycles. The van der Waals surface area contributed by atoms with Gasteiger partial charge in [0, 0.05) is 39.0 Å². The van der Waals surface area contributed by atoms with E-state index in [0.29, 0.717) is 21.9 Å². The zero-order chi connectivity index (χ0) is 18.4. The number of hydrazone groups is 1. The normalized spacial score (nSPS) is 21.2. The first-order valence-electron chi connectivity index (χ1n) is 8.18. The summed E-state index contributed by atoms with van der Waals surface area (Å²) in [6.07, 6.45) is 0. The Hall–Kier alpha value is -1.50. The number of aryl methyl sites for hydroxylation is 1. The molecule has 3 nitrogen and oxygen atoms in total. The van der Waals surface area contributed by atoms with Gasteiger partial charge in [-0.3, -0.25) is 4.79 Å². The second-order valence-electron chi connectivity index (χ2n) is 6.30. The van der Waals surface area contributed by atoms with Gasteiger partial charge in [-0.2, -0.15) is 5.10 Å². The van der Waals surface area contributed by atoms with Crippen molar-refractivity contribution in [2.75, 3.05) is 5.75 Å². The number of benzene rings is 2. The van der Waals surface area contributed by atoms with Gasteiger partial charge in [0.15, 0.2) is 0 Å². The van der Waals surface area contributed by atoms with E-state index in [1.807, 2.05) is 30.3 Å². The van der Waals surface area contributed by atoms with Crippen molar-refractivity contribution in [2.45, 2.75) is 29.0 Å². The van der Waals surface area contributed by atoms with Gasteiger partial charge in [-0.15, -0.1) is 11.8 Å². The van der Waals surface area contributed by atoms with Crippen molar-refractivity contribution in [3.63, 3.8) is 0 Å². The molecule has 0 aliphatic carbocycles. The average Bonchev–Trinajstić information content (AvgIpc) is 2.99. The minimum atomic E-state index is -0.237. The zero-order valence-corrected chi connectivity index (χ0v) is 16.6. The second-order valence-corrected chi connectivity index (χ2v) is 8.99. The lowest BCUT2D eigenvalue weighted by Gasteiger charge is -2.28. The number of thioether (sulfide) groups is 2. The molecule has 0 spiro atoms. The van der Waals surface area contributed by atoms with Crippen LogP contribution in [0.25, 0.3) is 0 Å². The van der Waals surface area contributed by atoms with Gasteiger partial charge in [0.25, 0.3) is 0 Å². The molecule has 2 heterocycles. The highest BCUT2D eigenvalue weighted by molar-refractivity contribution is 8.00. The standard InChI is InChI=1S/C19H16ClFN2OS2/c1-10-3-8-15-16(17(10)21)18-14(9-25-15)19(23(22-18)11(2)24)26-13-6-4-12(20)5-7-13/h3-8,14,19H,9H2,1-2H3/t14-,19-/m0/s1. The molecule has 2 atom stereocenters. The number of nitrogens with zero attached hydrogens (tertiary/aromatic N) is 2. The van der Waals surface area contributed by atoms with Crippen molar-refractivity contribution in [2.24, 2.45) is 11.0 Å². The Morgan fingerprint density at radius 3 is 2.73 bits per heavy atom. The van der Waals surface area contributed by atoms with Gasteiger partial charge in [-0.25, -0.2) is 9.40 Å². The minimum absolute atomic E-state index is 0.0200. The van der Waals surface area contributed by atoms with Crippen molar-refractivity contribution in [1.29, 1.82) is 0 Å². The molecule has 0 saturated heterocycles. The molecule has 0 saturated carbocycles. The van der Waals surface area contributed by atoms with Gasteiger partial charge >= 0.3 is 0 Å². The highest BCUT2D eigenvalue weighted by Crippen LogP contribution is 2.45. The van der Waals surface area contributed by atoms with Crippen LogP contribution in [0, 0.1) is 18.7 Å². The van der Waals surface area contributed by atoms with Gasteiger partial charge < -0.3 is 0 Å². The summed E-state index contributed by atoms with van der Waals surface area (Å²) in [5, 5.41) is 6.52. The first kappa shape index (κ1) is 17.9. The summed E-state index contributed by atoms with van der Waals surface area (Å²) >= 11 is 9.15. The molecule has 0 aromatic heterocycles. The Balaban J connectivity index is 1.73. The molecule has 0 unspecified atom stereocenters. The SMILES string of the molecule is CC(=O)N1N=C2c3c(ccc(C)c3F)SC[C@@H]2[C@@H]1Sc1ccc(Cl)cc1. The van der Waals surface area contributed by atoms with Crippen LogP contribution in [-0.2, 0) is 4.79 Å². The number of carbonyl (C=O) groups is 1. The molecule has 26 heavy (non-hydrogen) atoms. The van der Waals surface area contributed by atoms with E-state index < -0.39 is 0 Å². The first-order valence-corrected chi connectivity index (χ1v) is 10.4. The van der Waals surface area contributed by atoms with Gasteiger partial charge in [0.05, 0.1) is 5.71 Å². The Bertz CT molecular complexity index is 917. The summed E-state index contributed by atoms with van der Waals surface area (Å²) in [6, 6.07) is 11.2. The third-order valence-corrected chi connectivity index (χ3v) is 7.26. The molecule has 2 aromatic carbocycles. The van der Waals surface area contributed by atoms with E-state index in [-0.39, 0.29) is 23.0 Å². The fraction of sp³-hybridized carbons (Fsp3) is 0.263. The van der Waals surface area contributed by atoms with E-state index in [2.05, 4.69) is 5.10 Å². The molecule has 4 rings (SSSR count). The summed E-state index contributed by atoms with van der Waals surface area (Å²) in [5.41, 5.74) is 1.83. The monoisotopic (exact) mass is 406 g/mol. The molecule has 0 radical (unpaired) electrons. The van der Waals surface area contributed by atoms with Crippen LogP contribution in [0.3, 0.4) is 0 Å². The minimum Gasteiger partial charge on any atom is -0.273 e. The maximum Gasteiger partial charge on any atom is 0.240 e. The highest BCUT2D eigenvalue weighted by atomic mass is 35.5. The van der Waals surface area contributed by atoms with Gasteiger partial charge in [-0.05, 0) is 42.8 Å². The number of carbonyl (C=O) groups excluding carboxylic acids is 1. The Labute approximate surface area is 165 Å². The van der Waals surface area contributed by atoms with Crippen LogP contribution in [0.1, 0.15) is 18.1 Å². The molecule has 134 valence electrons. The quantitative estimate of drug-likeness (QED) is 0.687.